The summed E-state index contributed by atoms with van der Waals surface area (Å²) in [4.78, 5) is 14.1. The van der Waals surface area contributed by atoms with Gasteiger partial charge in [0, 0.05) is 4.91 Å². The highest BCUT2D eigenvalue weighted by Gasteiger charge is 2.25. The average molecular weight is 212 g/mol. The van der Waals surface area contributed by atoms with Crippen LogP contribution in [-0.2, 0) is 9.53 Å². The van der Waals surface area contributed by atoms with E-state index in [0.29, 0.717) is 12.5 Å². The Bertz CT molecular complexity index is 259. The van der Waals surface area contributed by atoms with Crippen LogP contribution in [0.4, 0.5) is 0 Å². The van der Waals surface area contributed by atoms with Gasteiger partial charge in [-0.2, -0.15) is 0 Å². The lowest BCUT2D eigenvalue weighted by atomic mass is 10.3. The zero-order valence-corrected chi connectivity index (χ0v) is 8.85. The van der Waals surface area contributed by atoms with Gasteiger partial charge in [-0.25, -0.2) is 0 Å². The fourth-order valence-electron chi connectivity index (χ4n) is 1.21. The zero-order valence-electron chi connectivity index (χ0n) is 8.85. The Hall–Kier alpha value is -1.26. The summed E-state index contributed by atoms with van der Waals surface area (Å²) in [6.07, 6.45) is 2.42. The van der Waals surface area contributed by atoms with Crippen molar-refractivity contribution in [3.05, 3.63) is 10.4 Å². The van der Waals surface area contributed by atoms with Crippen LogP contribution in [0.25, 0.3) is 10.4 Å². The third-order valence-electron chi connectivity index (χ3n) is 2.25. The van der Waals surface area contributed by atoms with E-state index in [-0.39, 0.29) is 12.5 Å². The molecule has 0 radical (unpaired) electrons. The Balaban J connectivity index is 2.34. The Kier molecular flexibility index (Phi) is 4.93. The number of rotatable bonds is 7. The molecular formula is C9H16N4O2. The molecule has 1 atom stereocenters. The van der Waals surface area contributed by atoms with Gasteiger partial charge in [-0.1, -0.05) is 5.11 Å². The van der Waals surface area contributed by atoms with Gasteiger partial charge < -0.3 is 10.1 Å². The molecule has 6 nitrogen and oxygen atoms in total. The molecular weight excluding hydrogens is 196 g/mol. The Labute approximate surface area is 88.6 Å². The topological polar surface area (TPSA) is 87.1 Å². The number of nitrogens with zero attached hydrogens (tertiary/aromatic N) is 3. The largest absolute Gasteiger partial charge is 0.465 e. The van der Waals surface area contributed by atoms with E-state index in [2.05, 4.69) is 15.3 Å². The first-order valence-corrected chi connectivity index (χ1v) is 5.18. The summed E-state index contributed by atoms with van der Waals surface area (Å²) in [7, 11) is 0. The molecule has 0 aromatic heterocycles. The molecule has 1 fully saturated rings. The molecule has 0 aliphatic heterocycles. The van der Waals surface area contributed by atoms with E-state index in [1.807, 2.05) is 0 Å². The molecule has 0 heterocycles. The van der Waals surface area contributed by atoms with Gasteiger partial charge in [0.1, 0.15) is 6.04 Å². The van der Waals surface area contributed by atoms with Crippen molar-refractivity contribution in [3.8, 4) is 0 Å². The summed E-state index contributed by atoms with van der Waals surface area (Å²) in [5.41, 5.74) is 8.20. The molecule has 0 amide bonds. The van der Waals surface area contributed by atoms with Crippen LogP contribution in [0.1, 0.15) is 19.8 Å². The zero-order chi connectivity index (χ0) is 11.1. The number of carbonyl (C=O) groups excluding carboxylic acids is 1. The first-order valence-electron chi connectivity index (χ1n) is 5.18. The smallest absolute Gasteiger partial charge is 0.323 e. The van der Waals surface area contributed by atoms with Gasteiger partial charge in [-0.3, -0.25) is 4.79 Å². The molecule has 0 aromatic rings. The van der Waals surface area contributed by atoms with E-state index in [1.165, 1.54) is 12.8 Å². The third kappa shape index (κ3) is 4.67. The lowest BCUT2D eigenvalue weighted by molar-refractivity contribution is -0.145. The normalized spacial score (nSPS) is 16.6. The fourth-order valence-corrected chi connectivity index (χ4v) is 1.21. The predicted molar refractivity (Wildman–Crippen MR) is 55.2 cm³/mol. The number of nitrogens with one attached hydrogen (secondary N) is 1. The summed E-state index contributed by atoms with van der Waals surface area (Å²) in [6, 6.07) is -0.499. The summed E-state index contributed by atoms with van der Waals surface area (Å²) >= 11 is 0. The number of azide groups is 1. The lowest BCUT2D eigenvalue weighted by Crippen LogP contribution is -2.41. The highest BCUT2D eigenvalue weighted by atomic mass is 16.5. The predicted octanol–water partition coefficient (Wildman–Crippen LogP) is 1.23. The summed E-state index contributed by atoms with van der Waals surface area (Å²) in [5, 5.41) is 6.45. The quantitative estimate of drug-likeness (QED) is 0.298. The second-order valence-corrected chi connectivity index (χ2v) is 3.57. The molecule has 84 valence electrons. The number of carbonyl (C=O) groups is 1. The van der Waals surface area contributed by atoms with Gasteiger partial charge in [0.25, 0.3) is 0 Å². The SMILES string of the molecule is CCOC(=O)C(CN=[N+]=[N-])NCC1CC1. The van der Waals surface area contributed by atoms with Crippen molar-refractivity contribution in [2.75, 3.05) is 19.7 Å². The molecule has 1 aliphatic carbocycles. The monoisotopic (exact) mass is 212 g/mol. The van der Waals surface area contributed by atoms with Crippen LogP contribution in [0.3, 0.4) is 0 Å². The minimum absolute atomic E-state index is 0.113. The van der Waals surface area contributed by atoms with Gasteiger partial charge in [0.2, 0.25) is 0 Å². The second kappa shape index (κ2) is 6.27. The first kappa shape index (κ1) is 11.8. The minimum atomic E-state index is -0.499. The average Bonchev–Trinajstić information content (AvgIpc) is 3.02. The van der Waals surface area contributed by atoms with Gasteiger partial charge >= 0.3 is 5.97 Å². The van der Waals surface area contributed by atoms with E-state index in [1.54, 1.807) is 6.92 Å². The fraction of sp³-hybridized carbons (Fsp3) is 0.889. The van der Waals surface area contributed by atoms with Gasteiger partial charge in [0.05, 0.1) is 13.2 Å². The van der Waals surface area contributed by atoms with Crippen molar-refractivity contribution < 1.29 is 9.53 Å². The van der Waals surface area contributed by atoms with Crippen LogP contribution in [0.15, 0.2) is 5.11 Å². The van der Waals surface area contributed by atoms with Crippen LogP contribution >= 0.6 is 0 Å². The van der Waals surface area contributed by atoms with Crippen LogP contribution in [0.5, 0.6) is 0 Å². The molecule has 6 heteroatoms. The van der Waals surface area contributed by atoms with Gasteiger partial charge in [0.15, 0.2) is 0 Å². The maximum Gasteiger partial charge on any atom is 0.323 e. The van der Waals surface area contributed by atoms with Gasteiger partial charge in [-0.15, -0.1) is 0 Å². The summed E-state index contributed by atoms with van der Waals surface area (Å²) < 4.78 is 4.87. The lowest BCUT2D eigenvalue weighted by Gasteiger charge is -2.14. The van der Waals surface area contributed by atoms with E-state index in [9.17, 15) is 4.79 Å². The van der Waals surface area contributed by atoms with E-state index in [0.717, 1.165) is 6.54 Å². The molecule has 1 N–H and O–H groups in total. The molecule has 1 saturated carbocycles. The van der Waals surface area contributed by atoms with E-state index >= 15 is 0 Å². The molecule has 0 saturated heterocycles. The molecule has 1 aliphatic rings. The second-order valence-electron chi connectivity index (χ2n) is 3.57. The van der Waals surface area contributed by atoms with Crippen molar-refractivity contribution in [1.82, 2.24) is 5.32 Å². The van der Waals surface area contributed by atoms with Gasteiger partial charge in [-0.05, 0) is 37.8 Å². The maximum atomic E-state index is 11.4. The molecule has 15 heavy (non-hydrogen) atoms. The number of hydrogen-bond donors (Lipinski definition) is 1. The Morgan fingerprint density at radius 1 is 1.73 bits per heavy atom. The molecule has 0 spiro atoms. The Morgan fingerprint density at radius 2 is 2.47 bits per heavy atom. The Morgan fingerprint density at radius 3 is 3.00 bits per heavy atom. The summed E-state index contributed by atoms with van der Waals surface area (Å²) in [6.45, 7) is 3.01. The highest BCUT2D eigenvalue weighted by Crippen LogP contribution is 2.27. The van der Waals surface area contributed by atoms with Crippen molar-refractivity contribution in [2.24, 2.45) is 11.0 Å². The van der Waals surface area contributed by atoms with Crippen molar-refractivity contribution in [2.45, 2.75) is 25.8 Å². The summed E-state index contributed by atoms with van der Waals surface area (Å²) in [5.74, 6) is 0.332. The number of esters is 1. The number of hydrogen-bond acceptors (Lipinski definition) is 4. The molecule has 1 unspecified atom stereocenters. The van der Waals surface area contributed by atoms with Crippen LogP contribution in [-0.4, -0.2) is 31.7 Å². The minimum Gasteiger partial charge on any atom is -0.465 e. The van der Waals surface area contributed by atoms with Crippen LogP contribution in [0, 0.1) is 5.92 Å². The van der Waals surface area contributed by atoms with Crippen molar-refractivity contribution in [3.63, 3.8) is 0 Å². The van der Waals surface area contributed by atoms with Crippen LogP contribution < -0.4 is 5.32 Å². The van der Waals surface area contributed by atoms with E-state index < -0.39 is 6.04 Å². The molecule has 1 rings (SSSR count). The number of ether oxygens (including phenoxy) is 1. The maximum absolute atomic E-state index is 11.4. The first-order chi connectivity index (χ1) is 7.27. The third-order valence-corrected chi connectivity index (χ3v) is 2.25. The molecule has 0 bridgehead atoms. The van der Waals surface area contributed by atoms with Crippen LogP contribution in [0.2, 0.25) is 0 Å². The van der Waals surface area contributed by atoms with E-state index in [4.69, 9.17) is 10.3 Å². The standard InChI is InChI=1S/C9H16N4O2/c1-2-15-9(14)8(6-12-13-10)11-5-7-3-4-7/h7-8,11H,2-6H2,1H3. The highest BCUT2D eigenvalue weighted by molar-refractivity contribution is 5.76. The van der Waals surface area contributed by atoms with Crippen molar-refractivity contribution in [1.29, 1.82) is 0 Å². The molecule has 0 aromatic carbocycles. The van der Waals surface area contributed by atoms with Crippen molar-refractivity contribution >= 4 is 5.97 Å².